The molecule has 2 rings (SSSR count). The number of hydrogen-bond acceptors (Lipinski definition) is 3. The lowest BCUT2D eigenvalue weighted by Gasteiger charge is -2.29. The van der Waals surface area contributed by atoms with E-state index in [0.29, 0.717) is 12.8 Å². The zero-order valence-electron chi connectivity index (χ0n) is 13.3. The van der Waals surface area contributed by atoms with E-state index in [1.165, 1.54) is 6.92 Å². The topological polar surface area (TPSA) is 83.5 Å². The molecule has 23 heavy (non-hydrogen) atoms. The molecule has 122 valence electrons. The van der Waals surface area contributed by atoms with Crippen molar-refractivity contribution in [1.29, 1.82) is 0 Å². The van der Waals surface area contributed by atoms with Gasteiger partial charge in [0.15, 0.2) is 0 Å². The largest absolute Gasteiger partial charge is 0.481 e. The molecule has 0 radical (unpaired) electrons. The summed E-state index contributed by atoms with van der Waals surface area (Å²) in [5.74, 6) is -1.06. The molecule has 2 aromatic rings. The molecule has 0 fully saturated rings. The maximum absolute atomic E-state index is 11.3. The van der Waals surface area contributed by atoms with Crippen molar-refractivity contribution < 1.29 is 15.0 Å². The molecule has 2 unspecified atom stereocenters. The van der Waals surface area contributed by atoms with Crippen LogP contribution in [0.25, 0.3) is 11.1 Å². The molecule has 0 aliphatic rings. The zero-order chi connectivity index (χ0) is 16.9. The molecule has 0 amide bonds. The maximum atomic E-state index is 11.3. The van der Waals surface area contributed by atoms with Crippen LogP contribution >= 0.6 is 0 Å². The molecule has 0 aromatic heterocycles. The van der Waals surface area contributed by atoms with Crippen molar-refractivity contribution in [2.75, 3.05) is 6.61 Å². The predicted octanol–water partition coefficient (Wildman–Crippen LogP) is 2.70. The van der Waals surface area contributed by atoms with E-state index < -0.39 is 24.0 Å². The first-order valence-corrected chi connectivity index (χ1v) is 7.71. The van der Waals surface area contributed by atoms with Crippen molar-refractivity contribution in [3.8, 4) is 11.1 Å². The van der Waals surface area contributed by atoms with Crippen LogP contribution in [0.3, 0.4) is 0 Å². The first-order chi connectivity index (χ1) is 11.0. The van der Waals surface area contributed by atoms with Gasteiger partial charge in [-0.2, -0.15) is 0 Å². The van der Waals surface area contributed by atoms with E-state index in [-0.39, 0.29) is 0 Å². The van der Waals surface area contributed by atoms with Crippen LogP contribution in [0.15, 0.2) is 54.6 Å². The van der Waals surface area contributed by atoms with E-state index in [1.54, 1.807) is 0 Å². The van der Waals surface area contributed by atoms with Gasteiger partial charge < -0.3 is 15.9 Å². The Morgan fingerprint density at radius 1 is 1.09 bits per heavy atom. The van der Waals surface area contributed by atoms with E-state index in [9.17, 15) is 15.0 Å². The fraction of sp³-hybridized carbons (Fsp3) is 0.316. The van der Waals surface area contributed by atoms with Gasteiger partial charge in [-0.25, -0.2) is 0 Å². The number of aliphatic carboxylic acids is 1. The molecule has 0 heterocycles. The van der Waals surface area contributed by atoms with Crippen molar-refractivity contribution in [3.63, 3.8) is 0 Å². The Labute approximate surface area is 136 Å². The summed E-state index contributed by atoms with van der Waals surface area (Å²) >= 11 is 0. The summed E-state index contributed by atoms with van der Waals surface area (Å²) < 4.78 is 0. The Morgan fingerprint density at radius 2 is 1.65 bits per heavy atom. The molecular weight excluding hydrogens is 290 g/mol. The average molecular weight is 313 g/mol. The highest BCUT2D eigenvalue weighted by molar-refractivity contribution is 5.75. The van der Waals surface area contributed by atoms with Crippen LogP contribution in [0, 0.1) is 5.41 Å². The first-order valence-electron chi connectivity index (χ1n) is 7.71. The van der Waals surface area contributed by atoms with Gasteiger partial charge in [-0.1, -0.05) is 54.6 Å². The standard InChI is InChI=1S/C19H23NO3/c1-19(13-21,18(22)23)17(20)12-9-14-7-10-16(11-8-14)15-5-3-2-4-6-15/h2-8,10-11,17,21H,9,12-13,20H2,1H3,(H,22,23). The maximum Gasteiger partial charge on any atom is 0.313 e. The van der Waals surface area contributed by atoms with Gasteiger partial charge in [0.2, 0.25) is 0 Å². The van der Waals surface area contributed by atoms with Crippen LogP contribution in [0.5, 0.6) is 0 Å². The second kappa shape index (κ2) is 7.40. The van der Waals surface area contributed by atoms with Crippen LogP contribution in [0.2, 0.25) is 0 Å². The summed E-state index contributed by atoms with van der Waals surface area (Å²) in [6.45, 7) is 1.02. The van der Waals surface area contributed by atoms with Gasteiger partial charge in [0, 0.05) is 6.04 Å². The van der Waals surface area contributed by atoms with Gasteiger partial charge in [-0.05, 0) is 36.5 Å². The second-order valence-corrected chi connectivity index (χ2v) is 6.09. The van der Waals surface area contributed by atoms with E-state index in [0.717, 1.165) is 16.7 Å². The van der Waals surface area contributed by atoms with Gasteiger partial charge >= 0.3 is 5.97 Å². The molecule has 0 aliphatic carbocycles. The van der Waals surface area contributed by atoms with Crippen molar-refractivity contribution >= 4 is 5.97 Å². The third-order valence-corrected chi connectivity index (χ3v) is 4.44. The van der Waals surface area contributed by atoms with Crippen LogP contribution in [-0.2, 0) is 11.2 Å². The lowest BCUT2D eigenvalue weighted by Crippen LogP contribution is -2.48. The number of aliphatic hydroxyl groups excluding tert-OH is 1. The normalized spacial score (nSPS) is 14.9. The van der Waals surface area contributed by atoms with Gasteiger partial charge in [-0.15, -0.1) is 0 Å². The summed E-state index contributed by atoms with van der Waals surface area (Å²) in [6, 6.07) is 17.7. The number of rotatable bonds is 7. The average Bonchev–Trinajstić information content (AvgIpc) is 2.59. The number of hydrogen-bond donors (Lipinski definition) is 3. The number of benzene rings is 2. The van der Waals surface area contributed by atoms with Crippen molar-refractivity contribution in [1.82, 2.24) is 0 Å². The Hall–Kier alpha value is -2.17. The molecule has 0 bridgehead atoms. The molecule has 0 aliphatic heterocycles. The number of carboxylic acids is 1. The minimum atomic E-state index is -1.30. The highest BCUT2D eigenvalue weighted by Gasteiger charge is 2.38. The molecule has 2 atom stereocenters. The fourth-order valence-electron chi connectivity index (χ4n) is 2.48. The van der Waals surface area contributed by atoms with E-state index in [2.05, 4.69) is 24.3 Å². The summed E-state index contributed by atoms with van der Waals surface area (Å²) in [5.41, 5.74) is 8.10. The molecule has 0 saturated heterocycles. The predicted molar refractivity (Wildman–Crippen MR) is 91.0 cm³/mol. The van der Waals surface area contributed by atoms with Crippen molar-refractivity contribution in [2.24, 2.45) is 11.1 Å². The summed E-state index contributed by atoms with van der Waals surface area (Å²) in [6.07, 6.45) is 1.19. The smallest absolute Gasteiger partial charge is 0.313 e. The second-order valence-electron chi connectivity index (χ2n) is 6.09. The molecule has 0 saturated carbocycles. The number of carbonyl (C=O) groups is 1. The lowest BCUT2D eigenvalue weighted by molar-refractivity contribution is -0.151. The summed E-state index contributed by atoms with van der Waals surface area (Å²) in [7, 11) is 0. The number of aryl methyl sites for hydroxylation is 1. The quantitative estimate of drug-likeness (QED) is 0.734. The van der Waals surface area contributed by atoms with Gasteiger partial charge in [0.25, 0.3) is 0 Å². The number of carboxylic acid groups (broad SMARTS) is 1. The third kappa shape index (κ3) is 3.97. The highest BCUT2D eigenvalue weighted by Crippen LogP contribution is 2.24. The van der Waals surface area contributed by atoms with Crippen LogP contribution in [-0.4, -0.2) is 28.8 Å². The molecule has 4 nitrogen and oxygen atoms in total. The Bertz CT molecular complexity index is 639. The van der Waals surface area contributed by atoms with Crippen molar-refractivity contribution in [2.45, 2.75) is 25.8 Å². The van der Waals surface area contributed by atoms with E-state index in [4.69, 9.17) is 5.73 Å². The first kappa shape index (κ1) is 17.2. The van der Waals surface area contributed by atoms with Crippen LogP contribution < -0.4 is 5.73 Å². The fourth-order valence-corrected chi connectivity index (χ4v) is 2.48. The SMILES string of the molecule is CC(CO)(C(=O)O)C(N)CCc1ccc(-c2ccccc2)cc1. The minimum absolute atomic E-state index is 0.462. The Kier molecular flexibility index (Phi) is 5.53. The van der Waals surface area contributed by atoms with Gasteiger partial charge in [-0.3, -0.25) is 4.79 Å². The van der Waals surface area contributed by atoms with Gasteiger partial charge in [0.05, 0.1) is 6.61 Å². The van der Waals surface area contributed by atoms with Crippen LogP contribution in [0.1, 0.15) is 18.9 Å². The number of nitrogens with two attached hydrogens (primary N) is 1. The summed E-state index contributed by atoms with van der Waals surface area (Å²) in [5, 5.41) is 18.5. The number of aliphatic hydroxyl groups is 1. The monoisotopic (exact) mass is 313 g/mol. The minimum Gasteiger partial charge on any atom is -0.481 e. The zero-order valence-corrected chi connectivity index (χ0v) is 13.3. The molecule has 0 spiro atoms. The van der Waals surface area contributed by atoms with Crippen LogP contribution in [0.4, 0.5) is 0 Å². The van der Waals surface area contributed by atoms with Crippen molar-refractivity contribution in [3.05, 3.63) is 60.2 Å². The van der Waals surface area contributed by atoms with Gasteiger partial charge in [0.1, 0.15) is 5.41 Å². The Morgan fingerprint density at radius 3 is 2.17 bits per heavy atom. The summed E-state index contributed by atoms with van der Waals surface area (Å²) in [4.78, 5) is 11.3. The molecule has 4 N–H and O–H groups in total. The highest BCUT2D eigenvalue weighted by atomic mass is 16.4. The molecular formula is C19H23NO3. The molecule has 4 heteroatoms. The van der Waals surface area contributed by atoms with E-state index in [1.807, 2.05) is 30.3 Å². The van der Waals surface area contributed by atoms with E-state index >= 15 is 0 Å². The lowest BCUT2D eigenvalue weighted by atomic mass is 9.81. The third-order valence-electron chi connectivity index (χ3n) is 4.44. The molecule has 2 aromatic carbocycles. The Balaban J connectivity index is 2.00.